The van der Waals surface area contributed by atoms with Crippen molar-refractivity contribution in [2.75, 3.05) is 0 Å². The molecule has 1 aromatic heterocycles. The van der Waals surface area contributed by atoms with E-state index in [4.69, 9.17) is 10.7 Å². The first kappa shape index (κ1) is 15.5. The number of rotatable bonds is 5. The van der Waals surface area contributed by atoms with Crippen LogP contribution in [0.25, 0.3) is 0 Å². The fourth-order valence-corrected chi connectivity index (χ4v) is 4.04. The van der Waals surface area contributed by atoms with Gasteiger partial charge in [-0.1, -0.05) is 31.5 Å². The minimum Gasteiger partial charge on any atom is -0.323 e. The molecule has 0 saturated heterocycles. The Morgan fingerprint density at radius 3 is 2.35 bits per heavy atom. The molecule has 0 saturated carbocycles. The Morgan fingerprint density at radius 1 is 1.20 bits per heavy atom. The third-order valence-corrected chi connectivity index (χ3v) is 5.55. The Labute approximate surface area is 129 Å². The highest BCUT2D eigenvalue weighted by molar-refractivity contribution is 7.98. The summed E-state index contributed by atoms with van der Waals surface area (Å²) in [6.07, 6.45) is 0. The van der Waals surface area contributed by atoms with E-state index in [-0.39, 0.29) is 6.04 Å². The van der Waals surface area contributed by atoms with E-state index in [1.807, 2.05) is 18.7 Å². The van der Waals surface area contributed by atoms with E-state index in [0.29, 0.717) is 5.92 Å². The molecule has 1 unspecified atom stereocenters. The van der Waals surface area contributed by atoms with Gasteiger partial charge in [0.25, 0.3) is 0 Å². The number of nitrogens with two attached hydrogens (primary N) is 1. The first-order valence-electron chi connectivity index (χ1n) is 6.92. The van der Waals surface area contributed by atoms with Gasteiger partial charge < -0.3 is 5.73 Å². The molecule has 0 aliphatic heterocycles. The van der Waals surface area contributed by atoms with Gasteiger partial charge in [-0.25, -0.2) is 4.98 Å². The summed E-state index contributed by atoms with van der Waals surface area (Å²) in [6.45, 7) is 8.51. The van der Waals surface area contributed by atoms with Crippen LogP contribution in [0.2, 0.25) is 0 Å². The minimum absolute atomic E-state index is 0.0722. The van der Waals surface area contributed by atoms with E-state index in [1.165, 1.54) is 26.0 Å². The molecule has 2 aromatic rings. The Balaban J connectivity index is 2.10. The highest BCUT2D eigenvalue weighted by atomic mass is 32.2. The monoisotopic (exact) mass is 306 g/mol. The quantitative estimate of drug-likeness (QED) is 0.800. The first-order chi connectivity index (χ1) is 9.47. The van der Waals surface area contributed by atoms with Crippen LogP contribution in [0.3, 0.4) is 0 Å². The van der Waals surface area contributed by atoms with Gasteiger partial charge in [0.15, 0.2) is 0 Å². The highest BCUT2D eigenvalue weighted by Crippen LogP contribution is 2.32. The van der Waals surface area contributed by atoms with Gasteiger partial charge in [-0.3, -0.25) is 0 Å². The number of aromatic nitrogens is 1. The SMILES string of the molecule is Cc1ccc(SCc2nc(C(C)C)c(C(C)N)s2)cc1. The summed E-state index contributed by atoms with van der Waals surface area (Å²) in [5, 5.41) is 1.17. The third kappa shape index (κ3) is 3.84. The Morgan fingerprint density at radius 2 is 1.85 bits per heavy atom. The predicted octanol–water partition coefficient (Wildman–Crippen LogP) is 4.89. The van der Waals surface area contributed by atoms with Crippen LogP contribution in [-0.4, -0.2) is 4.98 Å². The molecule has 0 radical (unpaired) electrons. The Kier molecular flexibility index (Phi) is 5.24. The molecule has 0 amide bonds. The third-order valence-electron chi connectivity index (χ3n) is 3.07. The molecule has 0 spiro atoms. The maximum atomic E-state index is 6.05. The number of thiazole rings is 1. The lowest BCUT2D eigenvalue weighted by Gasteiger charge is -2.07. The van der Waals surface area contributed by atoms with E-state index in [0.717, 1.165) is 5.75 Å². The lowest BCUT2D eigenvalue weighted by molar-refractivity contribution is 0.760. The van der Waals surface area contributed by atoms with E-state index >= 15 is 0 Å². The van der Waals surface area contributed by atoms with E-state index in [1.54, 1.807) is 11.3 Å². The maximum Gasteiger partial charge on any atom is 0.103 e. The highest BCUT2D eigenvalue weighted by Gasteiger charge is 2.16. The van der Waals surface area contributed by atoms with Crippen LogP contribution in [-0.2, 0) is 5.75 Å². The summed E-state index contributed by atoms with van der Waals surface area (Å²) in [7, 11) is 0. The minimum atomic E-state index is 0.0722. The first-order valence-corrected chi connectivity index (χ1v) is 8.72. The van der Waals surface area contributed by atoms with Crippen LogP contribution in [0, 0.1) is 6.92 Å². The largest absolute Gasteiger partial charge is 0.323 e. The Hall–Kier alpha value is -0.840. The van der Waals surface area contributed by atoms with Crippen LogP contribution in [0.5, 0.6) is 0 Å². The molecule has 2 nitrogen and oxygen atoms in total. The number of benzene rings is 1. The van der Waals surface area contributed by atoms with Crippen molar-refractivity contribution in [3.05, 3.63) is 45.4 Å². The molecule has 0 bridgehead atoms. The molecule has 0 fully saturated rings. The van der Waals surface area contributed by atoms with Gasteiger partial charge in [-0.2, -0.15) is 0 Å². The molecule has 1 heterocycles. The summed E-state index contributed by atoms with van der Waals surface area (Å²) < 4.78 is 0. The summed E-state index contributed by atoms with van der Waals surface area (Å²) in [5.41, 5.74) is 8.52. The molecule has 0 aliphatic rings. The average molecular weight is 306 g/mol. The zero-order valence-corrected chi connectivity index (χ0v) is 14.1. The molecule has 2 N–H and O–H groups in total. The summed E-state index contributed by atoms with van der Waals surface area (Å²) in [6, 6.07) is 8.71. The topological polar surface area (TPSA) is 38.9 Å². The van der Waals surface area contributed by atoms with Crippen LogP contribution in [0.4, 0.5) is 0 Å². The number of hydrogen-bond donors (Lipinski definition) is 1. The van der Waals surface area contributed by atoms with Crippen LogP contribution in [0.1, 0.15) is 53.9 Å². The molecule has 2 rings (SSSR count). The number of thioether (sulfide) groups is 1. The van der Waals surface area contributed by atoms with Crippen molar-refractivity contribution in [1.82, 2.24) is 4.98 Å². The predicted molar refractivity (Wildman–Crippen MR) is 89.5 cm³/mol. The van der Waals surface area contributed by atoms with Crippen LogP contribution < -0.4 is 5.73 Å². The van der Waals surface area contributed by atoms with Gasteiger partial charge in [0.05, 0.1) is 11.4 Å². The van der Waals surface area contributed by atoms with Crippen molar-refractivity contribution in [2.45, 2.75) is 50.3 Å². The van der Waals surface area contributed by atoms with Crippen LogP contribution in [0.15, 0.2) is 29.2 Å². The number of hydrogen-bond acceptors (Lipinski definition) is 4. The van der Waals surface area contributed by atoms with Crippen molar-refractivity contribution < 1.29 is 0 Å². The van der Waals surface area contributed by atoms with Crippen LogP contribution >= 0.6 is 23.1 Å². The van der Waals surface area contributed by atoms with Gasteiger partial charge in [-0.15, -0.1) is 23.1 Å². The van der Waals surface area contributed by atoms with E-state index < -0.39 is 0 Å². The van der Waals surface area contributed by atoms with Crippen molar-refractivity contribution in [3.63, 3.8) is 0 Å². The van der Waals surface area contributed by atoms with Gasteiger partial charge in [0, 0.05) is 15.8 Å². The van der Waals surface area contributed by atoms with Crippen molar-refractivity contribution in [3.8, 4) is 0 Å². The molecular weight excluding hydrogens is 284 g/mol. The molecule has 20 heavy (non-hydrogen) atoms. The average Bonchev–Trinajstić information content (AvgIpc) is 2.83. The maximum absolute atomic E-state index is 6.05. The zero-order chi connectivity index (χ0) is 14.7. The molecule has 0 aliphatic carbocycles. The van der Waals surface area contributed by atoms with E-state index in [2.05, 4.69) is 45.0 Å². The zero-order valence-electron chi connectivity index (χ0n) is 12.5. The van der Waals surface area contributed by atoms with Gasteiger partial charge >= 0.3 is 0 Å². The Bertz CT molecular complexity index is 531. The van der Waals surface area contributed by atoms with Crippen molar-refractivity contribution in [1.29, 1.82) is 0 Å². The molecular formula is C16H22N2S2. The number of aryl methyl sites for hydroxylation is 1. The summed E-state index contributed by atoms with van der Waals surface area (Å²) in [5.74, 6) is 1.35. The molecule has 108 valence electrons. The lowest BCUT2D eigenvalue weighted by atomic mass is 10.1. The van der Waals surface area contributed by atoms with Gasteiger partial charge in [0.1, 0.15) is 5.01 Å². The fourth-order valence-electron chi connectivity index (χ4n) is 1.97. The second-order valence-electron chi connectivity index (χ2n) is 5.40. The van der Waals surface area contributed by atoms with Gasteiger partial charge in [0.2, 0.25) is 0 Å². The number of nitrogens with zero attached hydrogens (tertiary/aromatic N) is 1. The lowest BCUT2D eigenvalue weighted by Crippen LogP contribution is -2.06. The smallest absolute Gasteiger partial charge is 0.103 e. The van der Waals surface area contributed by atoms with E-state index in [9.17, 15) is 0 Å². The standard InChI is InChI=1S/C16H22N2S2/c1-10(2)15-16(12(4)17)20-14(18-15)9-19-13-7-5-11(3)6-8-13/h5-8,10,12H,9,17H2,1-4H3. The molecule has 4 heteroatoms. The second-order valence-corrected chi connectivity index (χ2v) is 7.57. The second kappa shape index (κ2) is 6.74. The summed E-state index contributed by atoms with van der Waals surface area (Å²) in [4.78, 5) is 7.31. The van der Waals surface area contributed by atoms with Gasteiger partial charge in [-0.05, 0) is 31.9 Å². The van der Waals surface area contributed by atoms with Crippen molar-refractivity contribution >= 4 is 23.1 Å². The molecule has 1 atom stereocenters. The summed E-state index contributed by atoms with van der Waals surface area (Å²) >= 11 is 3.60. The fraction of sp³-hybridized carbons (Fsp3) is 0.438. The van der Waals surface area contributed by atoms with Crippen molar-refractivity contribution in [2.24, 2.45) is 5.73 Å². The normalized spacial score (nSPS) is 12.9. The molecule has 1 aromatic carbocycles.